The molecule has 0 aliphatic heterocycles. The number of nitrogens with one attached hydrogen (secondary N) is 2. The summed E-state index contributed by atoms with van der Waals surface area (Å²) in [6.07, 6.45) is 3.76. The predicted molar refractivity (Wildman–Crippen MR) is 68.9 cm³/mol. The summed E-state index contributed by atoms with van der Waals surface area (Å²) in [7, 11) is -3.56. The van der Waals surface area contributed by atoms with Gasteiger partial charge in [0.2, 0.25) is 10.0 Å². The average molecular weight is 286 g/mol. The van der Waals surface area contributed by atoms with Crippen molar-refractivity contribution in [1.82, 2.24) is 14.7 Å². The van der Waals surface area contributed by atoms with E-state index in [0.717, 1.165) is 5.69 Å². The lowest BCUT2D eigenvalue weighted by Crippen LogP contribution is -2.26. The SMILES string of the molecule is O=S(=O)(NCCc1cnc[nH]1)c1ccccc1Cl. The number of hydrogen-bond donors (Lipinski definition) is 2. The predicted octanol–water partition coefficient (Wildman–Crippen LogP) is 1.58. The first-order valence-electron chi connectivity index (χ1n) is 5.31. The Morgan fingerprint density at radius 1 is 1.33 bits per heavy atom. The van der Waals surface area contributed by atoms with Gasteiger partial charge in [-0.3, -0.25) is 0 Å². The monoisotopic (exact) mass is 285 g/mol. The number of hydrogen-bond acceptors (Lipinski definition) is 3. The molecule has 0 spiro atoms. The Kier molecular flexibility index (Phi) is 4.00. The van der Waals surface area contributed by atoms with Crippen molar-refractivity contribution in [3.05, 3.63) is 47.5 Å². The van der Waals surface area contributed by atoms with Crippen LogP contribution in [-0.2, 0) is 16.4 Å². The number of halogens is 1. The van der Waals surface area contributed by atoms with Gasteiger partial charge in [0.15, 0.2) is 0 Å². The molecule has 2 rings (SSSR count). The molecule has 18 heavy (non-hydrogen) atoms. The van der Waals surface area contributed by atoms with Gasteiger partial charge in [0.25, 0.3) is 0 Å². The molecule has 2 N–H and O–H groups in total. The van der Waals surface area contributed by atoms with Gasteiger partial charge in [-0.15, -0.1) is 0 Å². The number of H-pyrrole nitrogens is 1. The molecular weight excluding hydrogens is 274 g/mol. The number of aromatic amines is 1. The second-order valence-corrected chi connectivity index (χ2v) is 5.80. The summed E-state index contributed by atoms with van der Waals surface area (Å²) in [5, 5.41) is 0.214. The van der Waals surface area contributed by atoms with Gasteiger partial charge in [0, 0.05) is 24.9 Å². The summed E-state index contributed by atoms with van der Waals surface area (Å²) in [6, 6.07) is 6.34. The third-order valence-electron chi connectivity index (χ3n) is 2.37. The Bertz CT molecular complexity index is 611. The smallest absolute Gasteiger partial charge is 0.242 e. The van der Waals surface area contributed by atoms with E-state index in [9.17, 15) is 8.42 Å². The maximum Gasteiger partial charge on any atom is 0.242 e. The van der Waals surface area contributed by atoms with Gasteiger partial charge >= 0.3 is 0 Å². The number of rotatable bonds is 5. The third-order valence-corrected chi connectivity index (χ3v) is 4.33. The molecule has 0 saturated carbocycles. The van der Waals surface area contributed by atoms with E-state index < -0.39 is 10.0 Å². The van der Waals surface area contributed by atoms with Gasteiger partial charge in [-0.2, -0.15) is 0 Å². The Hall–Kier alpha value is -1.37. The van der Waals surface area contributed by atoms with Crippen LogP contribution in [0.4, 0.5) is 0 Å². The molecule has 1 heterocycles. The van der Waals surface area contributed by atoms with E-state index in [0.29, 0.717) is 6.42 Å². The van der Waals surface area contributed by atoms with Crippen LogP contribution < -0.4 is 4.72 Å². The molecule has 0 unspecified atom stereocenters. The van der Waals surface area contributed by atoms with E-state index in [-0.39, 0.29) is 16.5 Å². The second kappa shape index (κ2) is 5.51. The minimum absolute atomic E-state index is 0.0938. The van der Waals surface area contributed by atoms with E-state index in [4.69, 9.17) is 11.6 Å². The number of nitrogens with zero attached hydrogens (tertiary/aromatic N) is 1. The van der Waals surface area contributed by atoms with Gasteiger partial charge in [-0.25, -0.2) is 18.1 Å². The first kappa shape index (κ1) is 13.1. The zero-order valence-corrected chi connectivity index (χ0v) is 11.0. The van der Waals surface area contributed by atoms with Crippen LogP contribution in [0.5, 0.6) is 0 Å². The summed E-state index contributed by atoms with van der Waals surface area (Å²) >= 11 is 5.85. The van der Waals surface area contributed by atoms with Crippen LogP contribution in [0.3, 0.4) is 0 Å². The van der Waals surface area contributed by atoms with Crippen molar-refractivity contribution in [2.24, 2.45) is 0 Å². The van der Waals surface area contributed by atoms with Crippen LogP contribution in [0.15, 0.2) is 41.7 Å². The van der Waals surface area contributed by atoms with Crippen LogP contribution in [0.25, 0.3) is 0 Å². The lowest BCUT2D eigenvalue weighted by molar-refractivity contribution is 0.581. The third kappa shape index (κ3) is 3.10. The maximum absolute atomic E-state index is 12.0. The fourth-order valence-electron chi connectivity index (χ4n) is 1.48. The van der Waals surface area contributed by atoms with Gasteiger partial charge in [-0.05, 0) is 12.1 Å². The maximum atomic E-state index is 12.0. The molecule has 2 aromatic rings. The van der Waals surface area contributed by atoms with Gasteiger partial charge < -0.3 is 4.98 Å². The molecule has 1 aromatic carbocycles. The molecule has 96 valence electrons. The molecule has 0 saturated heterocycles. The highest BCUT2D eigenvalue weighted by Crippen LogP contribution is 2.19. The average Bonchev–Trinajstić information content (AvgIpc) is 2.82. The molecule has 0 atom stereocenters. The molecule has 0 bridgehead atoms. The molecular formula is C11H12ClN3O2S. The number of sulfonamides is 1. The summed E-state index contributed by atoms with van der Waals surface area (Å²) in [5.41, 5.74) is 0.872. The summed E-state index contributed by atoms with van der Waals surface area (Å²) in [6.45, 7) is 0.287. The van der Waals surface area contributed by atoms with Crippen molar-refractivity contribution in [2.45, 2.75) is 11.3 Å². The first-order valence-corrected chi connectivity index (χ1v) is 7.17. The largest absolute Gasteiger partial charge is 0.348 e. The Morgan fingerprint density at radius 3 is 2.78 bits per heavy atom. The van der Waals surface area contributed by atoms with Crippen LogP contribution in [0.1, 0.15) is 5.69 Å². The Labute approximate surface area is 110 Å². The van der Waals surface area contributed by atoms with Crippen molar-refractivity contribution >= 4 is 21.6 Å². The zero-order valence-electron chi connectivity index (χ0n) is 9.43. The van der Waals surface area contributed by atoms with Crippen molar-refractivity contribution < 1.29 is 8.42 Å². The van der Waals surface area contributed by atoms with Crippen molar-refractivity contribution in [1.29, 1.82) is 0 Å². The number of benzene rings is 1. The van der Waals surface area contributed by atoms with Crippen LogP contribution >= 0.6 is 11.6 Å². The lowest BCUT2D eigenvalue weighted by Gasteiger charge is -2.07. The highest BCUT2D eigenvalue weighted by atomic mass is 35.5. The van der Waals surface area contributed by atoms with E-state index in [1.807, 2.05) is 0 Å². The van der Waals surface area contributed by atoms with Gasteiger partial charge in [-0.1, -0.05) is 23.7 Å². The lowest BCUT2D eigenvalue weighted by atomic mass is 10.3. The second-order valence-electron chi connectivity index (χ2n) is 3.66. The summed E-state index contributed by atoms with van der Waals surface area (Å²) in [5.74, 6) is 0. The zero-order chi connectivity index (χ0) is 13.0. The minimum Gasteiger partial charge on any atom is -0.348 e. The molecule has 1 aromatic heterocycles. The number of aromatic nitrogens is 2. The normalized spacial score (nSPS) is 11.6. The van der Waals surface area contributed by atoms with E-state index in [1.165, 1.54) is 6.07 Å². The highest BCUT2D eigenvalue weighted by Gasteiger charge is 2.16. The van der Waals surface area contributed by atoms with Crippen molar-refractivity contribution in [3.63, 3.8) is 0 Å². The quantitative estimate of drug-likeness (QED) is 0.876. The van der Waals surface area contributed by atoms with Gasteiger partial charge in [0.1, 0.15) is 4.90 Å². The van der Waals surface area contributed by atoms with E-state index in [2.05, 4.69) is 14.7 Å². The van der Waals surface area contributed by atoms with Gasteiger partial charge in [0.05, 0.1) is 11.3 Å². The molecule has 7 heteroatoms. The molecule has 0 amide bonds. The summed E-state index contributed by atoms with van der Waals surface area (Å²) < 4.78 is 26.4. The number of imidazole rings is 1. The fraction of sp³-hybridized carbons (Fsp3) is 0.182. The Balaban J connectivity index is 2.02. The topological polar surface area (TPSA) is 74.8 Å². The Morgan fingerprint density at radius 2 is 2.11 bits per heavy atom. The van der Waals surface area contributed by atoms with Crippen molar-refractivity contribution in [3.8, 4) is 0 Å². The van der Waals surface area contributed by atoms with Crippen molar-refractivity contribution in [2.75, 3.05) is 6.54 Å². The van der Waals surface area contributed by atoms with E-state index in [1.54, 1.807) is 30.7 Å². The molecule has 0 radical (unpaired) electrons. The molecule has 0 aliphatic rings. The highest BCUT2D eigenvalue weighted by molar-refractivity contribution is 7.89. The summed E-state index contributed by atoms with van der Waals surface area (Å²) in [4.78, 5) is 6.85. The fourth-order valence-corrected chi connectivity index (χ4v) is 3.03. The minimum atomic E-state index is -3.56. The standard InChI is InChI=1S/C11H12ClN3O2S/c12-10-3-1-2-4-11(10)18(16,17)15-6-5-9-7-13-8-14-9/h1-4,7-8,15H,5-6H2,(H,13,14). The van der Waals surface area contributed by atoms with Crippen LogP contribution in [0, 0.1) is 0 Å². The van der Waals surface area contributed by atoms with Crippen LogP contribution in [-0.4, -0.2) is 24.9 Å². The molecule has 0 fully saturated rings. The molecule has 5 nitrogen and oxygen atoms in total. The van der Waals surface area contributed by atoms with E-state index >= 15 is 0 Å². The van der Waals surface area contributed by atoms with Crippen LogP contribution in [0.2, 0.25) is 5.02 Å². The molecule has 0 aliphatic carbocycles. The first-order chi connectivity index (χ1) is 8.59.